The molecule has 0 fully saturated rings. The minimum atomic E-state index is -0.489. The number of carbonyl (C=O) groups excluding carboxylic acids is 2. The second-order valence-electron chi connectivity index (χ2n) is 9.84. The Kier molecular flexibility index (Phi) is 8.35. The van der Waals surface area contributed by atoms with Crippen LogP contribution in [0.5, 0.6) is 0 Å². The molecule has 0 saturated heterocycles. The zero-order valence-corrected chi connectivity index (χ0v) is 21.2. The fraction of sp³-hybridized carbons (Fsp3) is 0.462. The fourth-order valence-electron chi connectivity index (χ4n) is 3.44. The van der Waals surface area contributed by atoms with Crippen molar-refractivity contribution in [1.29, 1.82) is 0 Å². The van der Waals surface area contributed by atoms with E-state index in [0.29, 0.717) is 28.7 Å². The van der Waals surface area contributed by atoms with Gasteiger partial charge in [-0.15, -0.1) is 0 Å². The van der Waals surface area contributed by atoms with Crippen LogP contribution in [0.2, 0.25) is 5.02 Å². The van der Waals surface area contributed by atoms with Crippen LogP contribution in [0.3, 0.4) is 0 Å². The maximum atomic E-state index is 13.3. The van der Waals surface area contributed by atoms with Crippen molar-refractivity contribution >= 4 is 34.8 Å². The number of hydrogen-bond donors (Lipinski definition) is 1. The zero-order chi connectivity index (χ0) is 24.2. The third-order valence-corrected chi connectivity index (χ3v) is 5.97. The monoisotopic (exact) mass is 457 g/mol. The van der Waals surface area contributed by atoms with Gasteiger partial charge in [0, 0.05) is 43.5 Å². The highest BCUT2D eigenvalue weighted by atomic mass is 35.5. The predicted molar refractivity (Wildman–Crippen MR) is 134 cm³/mol. The Morgan fingerprint density at radius 2 is 1.66 bits per heavy atom. The number of halogens is 1. The van der Waals surface area contributed by atoms with Crippen molar-refractivity contribution in [2.24, 2.45) is 11.3 Å². The first-order valence-electron chi connectivity index (χ1n) is 11.0. The molecule has 0 unspecified atom stereocenters. The summed E-state index contributed by atoms with van der Waals surface area (Å²) in [7, 11) is 3.95. The highest BCUT2D eigenvalue weighted by Gasteiger charge is 2.32. The summed E-state index contributed by atoms with van der Waals surface area (Å²) in [5.41, 5.74) is 2.57. The summed E-state index contributed by atoms with van der Waals surface area (Å²) < 4.78 is 0. The van der Waals surface area contributed by atoms with Gasteiger partial charge in [-0.2, -0.15) is 0 Å². The largest absolute Gasteiger partial charge is 0.377 e. The van der Waals surface area contributed by atoms with E-state index in [1.54, 1.807) is 24.3 Å². The second-order valence-corrected chi connectivity index (χ2v) is 10.2. The Bertz CT molecular complexity index is 964. The number of anilines is 2. The molecule has 0 aliphatic rings. The molecule has 0 aromatic heterocycles. The highest BCUT2D eigenvalue weighted by Crippen LogP contribution is 2.29. The first-order chi connectivity index (χ1) is 14.8. The molecule has 2 aromatic carbocycles. The van der Waals surface area contributed by atoms with Crippen molar-refractivity contribution in [3.63, 3.8) is 0 Å². The summed E-state index contributed by atoms with van der Waals surface area (Å²) in [5, 5.41) is 3.35. The average Bonchev–Trinajstić information content (AvgIpc) is 2.70. The van der Waals surface area contributed by atoms with E-state index in [2.05, 4.69) is 26.1 Å². The van der Waals surface area contributed by atoms with Gasteiger partial charge >= 0.3 is 0 Å². The van der Waals surface area contributed by atoms with Crippen molar-refractivity contribution in [1.82, 2.24) is 4.90 Å². The summed E-state index contributed by atoms with van der Waals surface area (Å²) in [5.74, 6) is 0.151. The van der Waals surface area contributed by atoms with Crippen LogP contribution in [-0.4, -0.2) is 36.9 Å². The summed E-state index contributed by atoms with van der Waals surface area (Å²) in [6.45, 7) is 12.6. The quantitative estimate of drug-likeness (QED) is 0.548. The lowest BCUT2D eigenvalue weighted by molar-refractivity contribution is -0.143. The molecule has 0 spiro atoms. The maximum absolute atomic E-state index is 13.3. The summed E-state index contributed by atoms with van der Waals surface area (Å²) >= 11 is 6.18. The SMILES string of the molecule is CC(C)[C@@H](C)N(Cc1cc(NC(=O)c2ccccc2Cl)ccc1N(C)C)C(=O)C(C)(C)C. The van der Waals surface area contributed by atoms with E-state index in [-0.39, 0.29) is 17.9 Å². The molecule has 0 heterocycles. The standard InChI is InChI=1S/C26H36ClN3O2/c1-17(2)18(3)30(25(32)26(4,5)6)16-19-15-20(13-14-23(19)29(7)8)28-24(31)21-11-9-10-12-22(21)27/h9-15,17-18H,16H2,1-8H3,(H,28,31)/t18-/m1/s1. The Morgan fingerprint density at radius 1 is 1.03 bits per heavy atom. The van der Waals surface area contributed by atoms with Crippen LogP contribution in [0.15, 0.2) is 42.5 Å². The van der Waals surface area contributed by atoms with Crippen LogP contribution >= 0.6 is 11.6 Å². The van der Waals surface area contributed by atoms with E-state index in [1.807, 2.05) is 62.9 Å². The third kappa shape index (κ3) is 6.26. The van der Waals surface area contributed by atoms with Crippen molar-refractivity contribution in [2.75, 3.05) is 24.3 Å². The molecule has 0 saturated carbocycles. The van der Waals surface area contributed by atoms with Crippen molar-refractivity contribution in [2.45, 2.75) is 54.1 Å². The number of nitrogens with zero attached hydrogens (tertiary/aromatic N) is 2. The van der Waals surface area contributed by atoms with Crippen LogP contribution in [-0.2, 0) is 11.3 Å². The molecule has 2 aromatic rings. The molecular weight excluding hydrogens is 422 g/mol. The van der Waals surface area contributed by atoms with Crippen LogP contribution in [0.4, 0.5) is 11.4 Å². The molecule has 0 bridgehead atoms. The molecule has 1 N–H and O–H groups in total. The molecular formula is C26H36ClN3O2. The Balaban J connectivity index is 2.42. The van der Waals surface area contributed by atoms with E-state index < -0.39 is 5.41 Å². The van der Waals surface area contributed by atoms with E-state index in [4.69, 9.17) is 11.6 Å². The van der Waals surface area contributed by atoms with E-state index in [0.717, 1.165) is 11.3 Å². The van der Waals surface area contributed by atoms with Gasteiger partial charge < -0.3 is 15.1 Å². The number of benzene rings is 2. The molecule has 5 nitrogen and oxygen atoms in total. The third-order valence-electron chi connectivity index (χ3n) is 5.64. The van der Waals surface area contributed by atoms with Crippen LogP contribution in [0, 0.1) is 11.3 Å². The van der Waals surface area contributed by atoms with Gasteiger partial charge in [-0.3, -0.25) is 9.59 Å². The van der Waals surface area contributed by atoms with Crippen molar-refractivity contribution < 1.29 is 9.59 Å². The van der Waals surface area contributed by atoms with Gasteiger partial charge in [0.1, 0.15) is 0 Å². The lowest BCUT2D eigenvalue weighted by atomic mass is 9.92. The van der Waals surface area contributed by atoms with E-state index in [9.17, 15) is 9.59 Å². The molecule has 2 amide bonds. The number of amides is 2. The molecule has 6 heteroatoms. The van der Waals surface area contributed by atoms with Crippen LogP contribution in [0.1, 0.15) is 57.5 Å². The number of rotatable bonds is 7. The maximum Gasteiger partial charge on any atom is 0.257 e. The normalized spacial score (nSPS) is 12.4. The minimum Gasteiger partial charge on any atom is -0.377 e. The first kappa shape index (κ1) is 25.7. The number of carbonyl (C=O) groups is 2. The van der Waals surface area contributed by atoms with Gasteiger partial charge in [0.05, 0.1) is 10.6 Å². The summed E-state index contributed by atoms with van der Waals surface area (Å²) in [4.78, 5) is 30.0. The Hall–Kier alpha value is -2.53. The molecule has 174 valence electrons. The molecule has 2 rings (SSSR count). The molecule has 0 aliphatic carbocycles. The van der Waals surface area contributed by atoms with Crippen LogP contribution in [0.25, 0.3) is 0 Å². The summed E-state index contributed by atoms with van der Waals surface area (Å²) in [6, 6.07) is 12.8. The zero-order valence-electron chi connectivity index (χ0n) is 20.5. The average molecular weight is 458 g/mol. The van der Waals surface area contributed by atoms with Gasteiger partial charge in [-0.25, -0.2) is 0 Å². The van der Waals surface area contributed by atoms with Crippen molar-refractivity contribution in [3.05, 3.63) is 58.6 Å². The smallest absolute Gasteiger partial charge is 0.257 e. The van der Waals surface area contributed by atoms with E-state index >= 15 is 0 Å². The van der Waals surface area contributed by atoms with Crippen LogP contribution < -0.4 is 10.2 Å². The fourth-order valence-corrected chi connectivity index (χ4v) is 3.67. The lowest BCUT2D eigenvalue weighted by Crippen LogP contribution is -2.46. The number of nitrogens with one attached hydrogen (secondary N) is 1. The van der Waals surface area contributed by atoms with Gasteiger partial charge in [0.2, 0.25) is 5.91 Å². The van der Waals surface area contributed by atoms with Gasteiger partial charge in [0.15, 0.2) is 0 Å². The van der Waals surface area contributed by atoms with Gasteiger partial charge in [0.25, 0.3) is 5.91 Å². The minimum absolute atomic E-state index is 0.0677. The summed E-state index contributed by atoms with van der Waals surface area (Å²) in [6.07, 6.45) is 0. The van der Waals surface area contributed by atoms with Gasteiger partial charge in [-0.05, 0) is 48.7 Å². The predicted octanol–water partition coefficient (Wildman–Crippen LogP) is 6.08. The Labute approximate surface area is 197 Å². The Morgan fingerprint density at radius 3 is 2.19 bits per heavy atom. The van der Waals surface area contributed by atoms with E-state index in [1.165, 1.54) is 0 Å². The lowest BCUT2D eigenvalue weighted by Gasteiger charge is -2.37. The molecule has 32 heavy (non-hydrogen) atoms. The highest BCUT2D eigenvalue weighted by molar-refractivity contribution is 6.34. The topological polar surface area (TPSA) is 52.7 Å². The molecule has 0 radical (unpaired) electrons. The number of hydrogen-bond acceptors (Lipinski definition) is 3. The van der Waals surface area contributed by atoms with Crippen molar-refractivity contribution in [3.8, 4) is 0 Å². The first-order valence-corrected chi connectivity index (χ1v) is 11.4. The second kappa shape index (κ2) is 10.4. The molecule has 0 aliphatic heterocycles. The molecule has 1 atom stereocenters. The van der Waals surface area contributed by atoms with Gasteiger partial charge in [-0.1, -0.05) is 58.4 Å².